The predicted octanol–water partition coefficient (Wildman–Crippen LogP) is 5.09. The van der Waals surface area contributed by atoms with Gasteiger partial charge < -0.3 is 9.47 Å². The van der Waals surface area contributed by atoms with Crippen LogP contribution in [0.5, 0.6) is 0 Å². The maximum Gasteiger partial charge on any atom is 0.307 e. The van der Waals surface area contributed by atoms with Crippen molar-refractivity contribution in [1.82, 2.24) is 4.31 Å². The van der Waals surface area contributed by atoms with Gasteiger partial charge >= 0.3 is 5.97 Å². The summed E-state index contributed by atoms with van der Waals surface area (Å²) in [5.41, 5.74) is 3.40. The molecule has 6 nitrogen and oxygen atoms in total. The van der Waals surface area contributed by atoms with E-state index in [0.29, 0.717) is 0 Å². The summed E-state index contributed by atoms with van der Waals surface area (Å²) in [4.78, 5) is 12.8. The summed E-state index contributed by atoms with van der Waals surface area (Å²) in [6, 6.07) is 22.9. The standard InChI is InChI=1S/C27H29NO5S/c1-4-32-25(29)18-24-26(21-11-6-5-7-12-21)33-27(23-13-9-8-10-20(23)3)28(24)34(30,31)22-16-14-19(2)15-17-22/h5-17,24,26-27H,4,18H2,1-3H3/t24-,26-,27-/m1/s1. The van der Waals surface area contributed by atoms with Crippen LogP contribution in [0.1, 0.15) is 47.9 Å². The summed E-state index contributed by atoms with van der Waals surface area (Å²) >= 11 is 0. The van der Waals surface area contributed by atoms with E-state index in [1.807, 2.05) is 68.4 Å². The number of sulfonamides is 1. The molecule has 0 radical (unpaired) electrons. The maximum atomic E-state index is 14.1. The molecule has 7 heteroatoms. The molecule has 1 heterocycles. The number of ether oxygens (including phenoxy) is 2. The van der Waals surface area contributed by atoms with E-state index < -0.39 is 34.4 Å². The van der Waals surface area contributed by atoms with Gasteiger partial charge in [-0.05, 0) is 49.6 Å². The molecule has 0 amide bonds. The third kappa shape index (κ3) is 4.78. The second-order valence-corrected chi connectivity index (χ2v) is 10.2. The minimum absolute atomic E-state index is 0.124. The number of carbonyl (C=O) groups excluding carboxylic acids is 1. The summed E-state index contributed by atoms with van der Waals surface area (Å²) < 4.78 is 41.2. The van der Waals surface area contributed by atoms with Crippen molar-refractivity contribution < 1.29 is 22.7 Å². The molecule has 0 N–H and O–H groups in total. The maximum absolute atomic E-state index is 14.1. The van der Waals surface area contributed by atoms with Gasteiger partial charge in [0.1, 0.15) is 6.10 Å². The van der Waals surface area contributed by atoms with Crippen LogP contribution in [-0.2, 0) is 24.3 Å². The van der Waals surface area contributed by atoms with Gasteiger partial charge in [0.25, 0.3) is 0 Å². The molecule has 0 aliphatic carbocycles. The minimum Gasteiger partial charge on any atom is -0.466 e. The van der Waals surface area contributed by atoms with E-state index in [4.69, 9.17) is 9.47 Å². The summed E-state index contributed by atoms with van der Waals surface area (Å²) in [5.74, 6) is -0.466. The smallest absolute Gasteiger partial charge is 0.307 e. The second-order valence-electron chi connectivity index (χ2n) is 8.40. The lowest BCUT2D eigenvalue weighted by atomic mass is 10.0. The zero-order valence-corrected chi connectivity index (χ0v) is 20.4. The van der Waals surface area contributed by atoms with E-state index in [1.165, 1.54) is 4.31 Å². The first-order valence-corrected chi connectivity index (χ1v) is 12.8. The lowest BCUT2D eigenvalue weighted by Crippen LogP contribution is -2.40. The Bertz CT molecular complexity index is 1240. The van der Waals surface area contributed by atoms with Gasteiger partial charge in [0, 0.05) is 0 Å². The van der Waals surface area contributed by atoms with Crippen molar-refractivity contribution in [2.24, 2.45) is 0 Å². The van der Waals surface area contributed by atoms with Crippen LogP contribution in [0.3, 0.4) is 0 Å². The van der Waals surface area contributed by atoms with Crippen molar-refractivity contribution in [3.05, 3.63) is 101 Å². The third-order valence-electron chi connectivity index (χ3n) is 6.04. The Morgan fingerprint density at radius 3 is 2.24 bits per heavy atom. The number of hydrogen-bond acceptors (Lipinski definition) is 5. The first-order valence-electron chi connectivity index (χ1n) is 11.3. The largest absolute Gasteiger partial charge is 0.466 e. The number of benzene rings is 3. The number of esters is 1. The lowest BCUT2D eigenvalue weighted by Gasteiger charge is -2.28. The van der Waals surface area contributed by atoms with Crippen molar-refractivity contribution in [2.45, 2.75) is 50.5 Å². The van der Waals surface area contributed by atoms with Gasteiger partial charge in [-0.25, -0.2) is 8.42 Å². The molecule has 0 saturated carbocycles. The number of carbonyl (C=O) groups is 1. The van der Waals surface area contributed by atoms with Crippen molar-refractivity contribution in [2.75, 3.05) is 6.61 Å². The molecule has 0 unspecified atom stereocenters. The van der Waals surface area contributed by atoms with Crippen LogP contribution < -0.4 is 0 Å². The molecule has 3 aromatic carbocycles. The molecule has 3 aromatic rings. The molecule has 34 heavy (non-hydrogen) atoms. The normalized spacial score (nSPS) is 20.9. The van der Waals surface area contributed by atoms with Gasteiger partial charge in [0.05, 0.1) is 24.0 Å². The topological polar surface area (TPSA) is 72.9 Å². The quantitative estimate of drug-likeness (QED) is 0.442. The summed E-state index contributed by atoms with van der Waals surface area (Å²) in [6.45, 7) is 5.77. The van der Waals surface area contributed by atoms with Crippen LogP contribution in [0.4, 0.5) is 0 Å². The van der Waals surface area contributed by atoms with Gasteiger partial charge in [-0.1, -0.05) is 72.3 Å². The SMILES string of the molecule is CCOC(=O)C[C@@H]1[C@@H](c2ccccc2)O[C@H](c2ccccc2C)N1S(=O)(=O)c1ccc(C)cc1. The van der Waals surface area contributed by atoms with Crippen LogP contribution in [-0.4, -0.2) is 31.3 Å². The Kier molecular flexibility index (Phi) is 7.16. The molecule has 1 fully saturated rings. The average molecular weight is 480 g/mol. The molecule has 1 aliphatic heterocycles. The van der Waals surface area contributed by atoms with E-state index in [9.17, 15) is 13.2 Å². The molecular formula is C27H29NO5S. The summed E-state index contributed by atoms with van der Waals surface area (Å²) in [5, 5.41) is 0. The van der Waals surface area contributed by atoms with Crippen molar-refractivity contribution in [1.29, 1.82) is 0 Å². The molecule has 1 aliphatic rings. The van der Waals surface area contributed by atoms with Crippen LogP contribution in [0, 0.1) is 13.8 Å². The van der Waals surface area contributed by atoms with E-state index in [2.05, 4.69) is 0 Å². The summed E-state index contributed by atoms with van der Waals surface area (Å²) in [7, 11) is -4.02. The Hall–Kier alpha value is -3.00. The Balaban J connectivity index is 1.88. The first-order chi connectivity index (χ1) is 16.3. The first kappa shape index (κ1) is 24.1. The fourth-order valence-electron chi connectivity index (χ4n) is 4.34. The monoisotopic (exact) mass is 479 g/mol. The molecule has 0 bridgehead atoms. The van der Waals surface area contributed by atoms with Gasteiger partial charge in [-0.3, -0.25) is 4.79 Å². The molecule has 1 saturated heterocycles. The number of hydrogen-bond donors (Lipinski definition) is 0. The molecule has 3 atom stereocenters. The van der Waals surface area contributed by atoms with Gasteiger partial charge in [-0.2, -0.15) is 4.31 Å². The molecule has 178 valence electrons. The van der Waals surface area contributed by atoms with E-state index in [-0.39, 0.29) is 17.9 Å². The highest BCUT2D eigenvalue weighted by Gasteiger charge is 2.51. The predicted molar refractivity (Wildman–Crippen MR) is 129 cm³/mol. The van der Waals surface area contributed by atoms with Crippen molar-refractivity contribution in [3.63, 3.8) is 0 Å². The molecular weight excluding hydrogens is 450 g/mol. The number of rotatable bonds is 7. The van der Waals surface area contributed by atoms with Crippen molar-refractivity contribution in [3.8, 4) is 0 Å². The fraction of sp³-hybridized carbons (Fsp3) is 0.296. The van der Waals surface area contributed by atoms with E-state index >= 15 is 0 Å². The Morgan fingerprint density at radius 1 is 0.941 bits per heavy atom. The van der Waals surface area contributed by atoms with Gasteiger partial charge in [0.15, 0.2) is 6.23 Å². The Labute approximate surface area is 201 Å². The highest BCUT2D eigenvalue weighted by molar-refractivity contribution is 7.89. The molecule has 0 aromatic heterocycles. The second kappa shape index (κ2) is 10.1. The third-order valence-corrected chi connectivity index (χ3v) is 7.93. The van der Waals surface area contributed by atoms with Gasteiger partial charge in [-0.15, -0.1) is 0 Å². The zero-order valence-electron chi connectivity index (χ0n) is 19.5. The van der Waals surface area contributed by atoms with Crippen LogP contribution in [0.15, 0.2) is 83.8 Å². The van der Waals surface area contributed by atoms with E-state index in [1.54, 1.807) is 31.2 Å². The van der Waals surface area contributed by atoms with Crippen LogP contribution >= 0.6 is 0 Å². The van der Waals surface area contributed by atoms with E-state index in [0.717, 1.165) is 22.3 Å². The Morgan fingerprint density at radius 2 is 1.59 bits per heavy atom. The highest BCUT2D eigenvalue weighted by atomic mass is 32.2. The number of aryl methyl sites for hydroxylation is 2. The summed E-state index contributed by atoms with van der Waals surface area (Å²) in [6.07, 6.45) is -1.66. The number of nitrogens with zero attached hydrogens (tertiary/aromatic N) is 1. The zero-order chi connectivity index (χ0) is 24.3. The van der Waals surface area contributed by atoms with Gasteiger partial charge in [0.2, 0.25) is 10.0 Å². The molecule has 4 rings (SSSR count). The van der Waals surface area contributed by atoms with Crippen molar-refractivity contribution >= 4 is 16.0 Å². The van der Waals surface area contributed by atoms with Crippen LogP contribution in [0.2, 0.25) is 0 Å². The molecule has 0 spiro atoms. The average Bonchev–Trinajstić information content (AvgIpc) is 3.20. The highest BCUT2D eigenvalue weighted by Crippen LogP contribution is 2.47. The van der Waals surface area contributed by atoms with Crippen LogP contribution in [0.25, 0.3) is 0 Å². The fourth-order valence-corrected chi connectivity index (χ4v) is 6.02. The minimum atomic E-state index is -4.02. The lowest BCUT2D eigenvalue weighted by molar-refractivity contribution is -0.144.